The summed E-state index contributed by atoms with van der Waals surface area (Å²) in [6.45, 7) is 5.61. The summed E-state index contributed by atoms with van der Waals surface area (Å²) >= 11 is 0. The Morgan fingerprint density at radius 1 is 1.58 bits per heavy atom. The molecule has 1 fully saturated rings. The van der Waals surface area contributed by atoms with Gasteiger partial charge in [0, 0.05) is 30.4 Å². The van der Waals surface area contributed by atoms with E-state index in [-0.39, 0.29) is 12.1 Å². The van der Waals surface area contributed by atoms with Crippen LogP contribution in [0.3, 0.4) is 0 Å². The van der Waals surface area contributed by atoms with E-state index < -0.39 is 0 Å². The highest BCUT2D eigenvalue weighted by atomic mass is 16.3. The van der Waals surface area contributed by atoms with Crippen molar-refractivity contribution >= 4 is 0 Å². The second-order valence-electron chi connectivity index (χ2n) is 6.08. The maximum atomic E-state index is 9.71. The molecule has 0 aromatic carbocycles. The molecule has 0 bridgehead atoms. The van der Waals surface area contributed by atoms with E-state index in [4.69, 9.17) is 0 Å². The molecule has 2 unspecified atom stereocenters. The maximum Gasteiger partial charge on any atom is 0.111 e. The maximum absolute atomic E-state index is 9.71. The van der Waals surface area contributed by atoms with Crippen molar-refractivity contribution in [1.82, 2.24) is 14.9 Å². The highest BCUT2D eigenvalue weighted by Gasteiger charge is 2.40. The number of aromatic nitrogens is 2. The molecular weight excluding hydrogens is 238 g/mol. The van der Waals surface area contributed by atoms with Crippen LogP contribution < -0.4 is 5.32 Å². The number of nitrogens with zero attached hydrogens (tertiary/aromatic N) is 2. The predicted octanol–water partition coefficient (Wildman–Crippen LogP) is 2.15. The summed E-state index contributed by atoms with van der Waals surface area (Å²) in [6.07, 6.45) is 8.59. The van der Waals surface area contributed by atoms with Crippen LogP contribution in [-0.2, 0) is 6.54 Å². The molecule has 1 aromatic rings. The summed E-state index contributed by atoms with van der Waals surface area (Å²) in [7, 11) is 1.98. The molecule has 4 heteroatoms. The first-order valence-electron chi connectivity index (χ1n) is 7.44. The number of nitrogens with one attached hydrogen (secondary N) is 1. The van der Waals surface area contributed by atoms with E-state index in [2.05, 4.69) is 34.9 Å². The van der Waals surface area contributed by atoms with Crippen molar-refractivity contribution in [3.8, 4) is 0 Å². The number of imidazole rings is 1. The Morgan fingerprint density at radius 2 is 2.37 bits per heavy atom. The second kappa shape index (κ2) is 6.06. The molecule has 0 amide bonds. The largest absolute Gasteiger partial charge is 0.394 e. The van der Waals surface area contributed by atoms with Crippen molar-refractivity contribution in [3.63, 3.8) is 0 Å². The van der Waals surface area contributed by atoms with Crippen LogP contribution in [0.25, 0.3) is 0 Å². The van der Waals surface area contributed by atoms with E-state index in [1.54, 1.807) is 0 Å². The average Bonchev–Trinajstić information content (AvgIpc) is 3.03. The van der Waals surface area contributed by atoms with Crippen molar-refractivity contribution in [2.75, 3.05) is 13.7 Å². The summed E-state index contributed by atoms with van der Waals surface area (Å²) in [5.74, 6) is 2.19. The first-order chi connectivity index (χ1) is 9.13. The summed E-state index contributed by atoms with van der Waals surface area (Å²) in [5, 5.41) is 13.1. The van der Waals surface area contributed by atoms with Gasteiger partial charge in [0.05, 0.1) is 6.61 Å². The van der Waals surface area contributed by atoms with Gasteiger partial charge in [0.25, 0.3) is 0 Å². The van der Waals surface area contributed by atoms with Crippen LogP contribution in [-0.4, -0.2) is 33.9 Å². The van der Waals surface area contributed by atoms with Gasteiger partial charge in [-0.15, -0.1) is 0 Å². The Bertz CT molecular complexity index is 396. The molecule has 2 atom stereocenters. The van der Waals surface area contributed by atoms with Gasteiger partial charge in [0.2, 0.25) is 0 Å². The molecule has 0 aliphatic heterocycles. The second-order valence-corrected chi connectivity index (χ2v) is 6.08. The molecule has 4 nitrogen and oxygen atoms in total. The lowest BCUT2D eigenvalue weighted by Gasteiger charge is -2.34. The number of hydrogen-bond acceptors (Lipinski definition) is 3. The normalized spacial score (nSPS) is 27.3. The van der Waals surface area contributed by atoms with Crippen LogP contribution in [0.5, 0.6) is 0 Å². The van der Waals surface area contributed by atoms with Gasteiger partial charge in [-0.25, -0.2) is 4.98 Å². The van der Waals surface area contributed by atoms with E-state index in [0.717, 1.165) is 25.2 Å². The Balaban J connectivity index is 2.00. The number of rotatable bonds is 6. The van der Waals surface area contributed by atoms with E-state index >= 15 is 0 Å². The average molecular weight is 265 g/mol. The molecule has 1 aromatic heterocycles. The number of likely N-dealkylation sites (N-methyl/N-ethyl adjacent to an activating group) is 1. The Labute approximate surface area is 116 Å². The van der Waals surface area contributed by atoms with Crippen LogP contribution in [0.1, 0.15) is 51.3 Å². The third-order valence-electron chi connectivity index (χ3n) is 4.72. The monoisotopic (exact) mass is 265 g/mol. The molecule has 1 saturated carbocycles. The molecule has 108 valence electrons. The fourth-order valence-corrected chi connectivity index (χ4v) is 3.49. The van der Waals surface area contributed by atoms with Crippen molar-refractivity contribution in [3.05, 3.63) is 18.2 Å². The lowest BCUT2D eigenvalue weighted by molar-refractivity contribution is 0.124. The molecule has 1 aliphatic carbocycles. The standard InChI is InChI=1S/C15H27N3O/c1-12(2)14-17-8-10-18(14)9-6-13-5-4-7-15(13,11-19)16-3/h8,10,12-13,16,19H,4-7,9,11H2,1-3H3. The first kappa shape index (κ1) is 14.5. The van der Waals surface area contributed by atoms with Crippen molar-refractivity contribution in [1.29, 1.82) is 0 Å². The minimum absolute atomic E-state index is 0.0570. The molecule has 2 N–H and O–H groups in total. The fourth-order valence-electron chi connectivity index (χ4n) is 3.49. The third-order valence-corrected chi connectivity index (χ3v) is 4.72. The first-order valence-corrected chi connectivity index (χ1v) is 7.44. The highest BCUT2D eigenvalue weighted by Crippen LogP contribution is 2.37. The molecule has 2 rings (SSSR count). The van der Waals surface area contributed by atoms with Gasteiger partial charge in [-0.3, -0.25) is 0 Å². The van der Waals surface area contributed by atoms with E-state index in [1.165, 1.54) is 12.8 Å². The minimum atomic E-state index is -0.0570. The SMILES string of the molecule is CNC1(CO)CCCC1CCn1ccnc1C(C)C. The number of aryl methyl sites for hydroxylation is 1. The molecular formula is C15H27N3O. The van der Waals surface area contributed by atoms with Crippen molar-refractivity contribution in [2.45, 2.75) is 57.5 Å². The van der Waals surface area contributed by atoms with E-state index in [1.807, 2.05) is 13.2 Å². The number of hydrogen-bond donors (Lipinski definition) is 2. The predicted molar refractivity (Wildman–Crippen MR) is 77.2 cm³/mol. The zero-order chi connectivity index (χ0) is 13.9. The lowest BCUT2D eigenvalue weighted by Crippen LogP contribution is -2.49. The van der Waals surface area contributed by atoms with Gasteiger partial charge in [0.15, 0.2) is 0 Å². The quantitative estimate of drug-likeness (QED) is 0.828. The van der Waals surface area contributed by atoms with Gasteiger partial charge in [-0.1, -0.05) is 20.3 Å². The number of aliphatic hydroxyl groups excluding tert-OH is 1. The molecule has 0 radical (unpaired) electrons. The summed E-state index contributed by atoms with van der Waals surface area (Å²) in [5.41, 5.74) is -0.0570. The van der Waals surface area contributed by atoms with Crippen molar-refractivity contribution in [2.24, 2.45) is 5.92 Å². The van der Waals surface area contributed by atoms with Crippen LogP contribution >= 0.6 is 0 Å². The topological polar surface area (TPSA) is 50.1 Å². The molecule has 1 heterocycles. The fraction of sp³-hybridized carbons (Fsp3) is 0.800. The van der Waals surface area contributed by atoms with Crippen LogP contribution in [0.4, 0.5) is 0 Å². The molecule has 0 saturated heterocycles. The minimum Gasteiger partial charge on any atom is -0.394 e. The van der Waals surface area contributed by atoms with E-state index in [9.17, 15) is 5.11 Å². The summed E-state index contributed by atoms with van der Waals surface area (Å²) in [6, 6.07) is 0. The highest BCUT2D eigenvalue weighted by molar-refractivity contribution is 5.00. The van der Waals surface area contributed by atoms with Crippen LogP contribution in [0.15, 0.2) is 12.4 Å². The molecule has 1 aliphatic rings. The van der Waals surface area contributed by atoms with Crippen LogP contribution in [0.2, 0.25) is 0 Å². The zero-order valence-electron chi connectivity index (χ0n) is 12.4. The Kier molecular flexibility index (Phi) is 4.63. The lowest BCUT2D eigenvalue weighted by atomic mass is 9.85. The van der Waals surface area contributed by atoms with Gasteiger partial charge in [-0.2, -0.15) is 0 Å². The van der Waals surface area contributed by atoms with Crippen molar-refractivity contribution < 1.29 is 5.11 Å². The molecule has 19 heavy (non-hydrogen) atoms. The Morgan fingerprint density at radius 3 is 3.00 bits per heavy atom. The van der Waals surface area contributed by atoms with E-state index in [0.29, 0.717) is 11.8 Å². The number of aliphatic hydroxyl groups is 1. The third kappa shape index (κ3) is 2.84. The zero-order valence-corrected chi connectivity index (χ0v) is 12.4. The molecule has 0 spiro atoms. The van der Waals surface area contributed by atoms with Gasteiger partial charge in [-0.05, 0) is 32.2 Å². The summed E-state index contributed by atoms with van der Waals surface area (Å²) in [4.78, 5) is 4.44. The Hall–Kier alpha value is -0.870. The van der Waals surface area contributed by atoms with Gasteiger partial charge < -0.3 is 15.0 Å². The van der Waals surface area contributed by atoms with Gasteiger partial charge >= 0.3 is 0 Å². The smallest absolute Gasteiger partial charge is 0.111 e. The summed E-state index contributed by atoms with van der Waals surface area (Å²) < 4.78 is 2.26. The van der Waals surface area contributed by atoms with Crippen LogP contribution in [0, 0.1) is 5.92 Å². The van der Waals surface area contributed by atoms with Gasteiger partial charge in [0.1, 0.15) is 5.82 Å².